The number of benzene rings is 1. The molecule has 0 aliphatic carbocycles. The summed E-state index contributed by atoms with van der Waals surface area (Å²) < 4.78 is 5.43. The van der Waals surface area contributed by atoms with Crippen LogP contribution in [0.15, 0.2) is 18.2 Å². The fourth-order valence-corrected chi connectivity index (χ4v) is 2.93. The molecule has 0 aromatic heterocycles. The zero-order valence-corrected chi connectivity index (χ0v) is 14.3. The quantitative estimate of drug-likeness (QED) is 0.900. The number of carbonyl (C=O) groups is 2. The smallest absolute Gasteiger partial charge is 0.410 e. The van der Waals surface area contributed by atoms with Crippen molar-refractivity contribution in [2.24, 2.45) is 0 Å². The number of nitrogens with zero attached hydrogens (tertiary/aromatic N) is 1. The molecule has 1 unspecified atom stereocenters. The largest absolute Gasteiger partial charge is 0.478 e. The molecule has 1 aromatic carbocycles. The summed E-state index contributed by atoms with van der Waals surface area (Å²) in [4.78, 5) is 25.5. The second kappa shape index (κ2) is 6.60. The molecule has 0 bridgehead atoms. The first kappa shape index (κ1) is 17.3. The summed E-state index contributed by atoms with van der Waals surface area (Å²) >= 11 is 0. The van der Waals surface area contributed by atoms with Gasteiger partial charge in [-0.1, -0.05) is 17.7 Å². The number of carboxylic acids is 1. The number of rotatable bonds is 2. The van der Waals surface area contributed by atoms with E-state index in [1.165, 1.54) is 0 Å². The lowest BCUT2D eigenvalue weighted by Gasteiger charge is -2.34. The van der Waals surface area contributed by atoms with Crippen LogP contribution in [0.3, 0.4) is 0 Å². The number of amides is 1. The molecule has 1 saturated heterocycles. The SMILES string of the molecule is Cc1ccc(C2CCCN(C(=O)OC(C)(C)C)C2)c(C(=O)O)c1. The Hall–Kier alpha value is -2.04. The van der Waals surface area contributed by atoms with Crippen molar-refractivity contribution in [3.8, 4) is 0 Å². The standard InChI is InChI=1S/C18H25NO4/c1-12-7-8-14(15(10-12)16(20)21)13-6-5-9-19(11-13)17(22)23-18(2,3)4/h7-8,10,13H,5-6,9,11H2,1-4H3,(H,20,21). The number of aryl methyl sites for hydroxylation is 1. The third kappa shape index (κ3) is 4.47. The molecule has 0 saturated carbocycles. The van der Waals surface area contributed by atoms with Crippen molar-refractivity contribution in [1.82, 2.24) is 4.90 Å². The maximum absolute atomic E-state index is 12.3. The Morgan fingerprint density at radius 2 is 2.00 bits per heavy atom. The molecule has 1 aliphatic rings. The Morgan fingerprint density at radius 3 is 2.61 bits per heavy atom. The van der Waals surface area contributed by atoms with E-state index in [0.717, 1.165) is 24.0 Å². The second-order valence-corrected chi connectivity index (χ2v) is 7.16. The number of ether oxygens (including phenoxy) is 1. The van der Waals surface area contributed by atoms with E-state index in [-0.39, 0.29) is 12.0 Å². The van der Waals surface area contributed by atoms with Crippen molar-refractivity contribution in [2.75, 3.05) is 13.1 Å². The van der Waals surface area contributed by atoms with Crippen LogP contribution in [0.2, 0.25) is 0 Å². The van der Waals surface area contributed by atoms with Gasteiger partial charge in [0.05, 0.1) is 5.56 Å². The fourth-order valence-electron chi connectivity index (χ4n) is 2.93. The highest BCUT2D eigenvalue weighted by atomic mass is 16.6. The third-order valence-corrected chi connectivity index (χ3v) is 3.95. The molecule has 1 aliphatic heterocycles. The van der Waals surface area contributed by atoms with Crippen molar-refractivity contribution >= 4 is 12.1 Å². The Bertz CT molecular complexity index is 604. The lowest BCUT2D eigenvalue weighted by molar-refractivity contribution is 0.0198. The van der Waals surface area contributed by atoms with E-state index >= 15 is 0 Å². The van der Waals surface area contributed by atoms with Gasteiger partial charge in [-0.15, -0.1) is 0 Å². The average molecular weight is 319 g/mol. The van der Waals surface area contributed by atoms with Crippen molar-refractivity contribution in [3.05, 3.63) is 34.9 Å². The molecule has 5 heteroatoms. The van der Waals surface area contributed by atoms with Gasteiger partial charge in [-0.2, -0.15) is 0 Å². The van der Waals surface area contributed by atoms with Crippen LogP contribution in [0.5, 0.6) is 0 Å². The normalized spacial score (nSPS) is 18.6. The van der Waals surface area contributed by atoms with Gasteiger partial charge in [-0.25, -0.2) is 9.59 Å². The summed E-state index contributed by atoms with van der Waals surface area (Å²) in [5, 5.41) is 9.44. The van der Waals surface area contributed by atoms with Crippen molar-refractivity contribution in [1.29, 1.82) is 0 Å². The van der Waals surface area contributed by atoms with Crippen molar-refractivity contribution in [3.63, 3.8) is 0 Å². The van der Waals surface area contributed by atoms with Gasteiger partial charge >= 0.3 is 12.1 Å². The molecular weight excluding hydrogens is 294 g/mol. The van der Waals surface area contributed by atoms with Gasteiger partial charge in [0.15, 0.2) is 0 Å². The monoisotopic (exact) mass is 319 g/mol. The number of hydrogen-bond donors (Lipinski definition) is 1. The van der Waals surface area contributed by atoms with E-state index < -0.39 is 11.6 Å². The fraction of sp³-hybridized carbons (Fsp3) is 0.556. The van der Waals surface area contributed by atoms with Crippen LogP contribution in [-0.2, 0) is 4.74 Å². The molecule has 1 heterocycles. The molecule has 1 N–H and O–H groups in total. The zero-order valence-electron chi connectivity index (χ0n) is 14.3. The molecule has 126 valence electrons. The molecule has 2 rings (SSSR count). The van der Waals surface area contributed by atoms with Gasteiger partial charge in [-0.3, -0.25) is 0 Å². The van der Waals surface area contributed by atoms with Gasteiger partial charge in [-0.05, 0) is 52.2 Å². The zero-order chi connectivity index (χ0) is 17.2. The van der Waals surface area contributed by atoms with Crippen LogP contribution in [0.4, 0.5) is 4.79 Å². The molecule has 1 atom stereocenters. The minimum atomic E-state index is -0.918. The molecule has 23 heavy (non-hydrogen) atoms. The van der Waals surface area contributed by atoms with E-state index in [2.05, 4.69) is 0 Å². The van der Waals surface area contributed by atoms with Crippen LogP contribution >= 0.6 is 0 Å². The predicted molar refractivity (Wildman–Crippen MR) is 87.9 cm³/mol. The molecule has 1 aromatic rings. The lowest BCUT2D eigenvalue weighted by atomic mass is 9.87. The molecule has 1 fully saturated rings. The van der Waals surface area contributed by atoms with E-state index in [0.29, 0.717) is 18.7 Å². The molecule has 0 radical (unpaired) electrons. The number of piperidine rings is 1. The minimum absolute atomic E-state index is 0.0305. The predicted octanol–water partition coefficient (Wildman–Crippen LogP) is 3.81. The van der Waals surface area contributed by atoms with Crippen LogP contribution < -0.4 is 0 Å². The summed E-state index contributed by atoms with van der Waals surface area (Å²) in [6.45, 7) is 8.56. The number of aromatic carboxylic acids is 1. The third-order valence-electron chi connectivity index (χ3n) is 3.95. The Kier molecular flexibility index (Phi) is 4.97. The van der Waals surface area contributed by atoms with E-state index in [4.69, 9.17) is 4.74 Å². The van der Waals surface area contributed by atoms with Crippen molar-refractivity contribution in [2.45, 2.75) is 52.1 Å². The Morgan fingerprint density at radius 1 is 1.30 bits per heavy atom. The molecular formula is C18H25NO4. The summed E-state index contributed by atoms with van der Waals surface area (Å²) in [6.07, 6.45) is 1.39. The van der Waals surface area contributed by atoms with Gasteiger partial charge in [0.1, 0.15) is 5.60 Å². The highest BCUT2D eigenvalue weighted by Gasteiger charge is 2.30. The van der Waals surface area contributed by atoms with Crippen LogP contribution in [0.25, 0.3) is 0 Å². The Labute approximate surface area is 137 Å². The van der Waals surface area contributed by atoms with E-state index in [9.17, 15) is 14.7 Å². The first-order chi connectivity index (χ1) is 10.7. The number of hydrogen-bond acceptors (Lipinski definition) is 3. The van der Waals surface area contributed by atoms with Gasteiger partial charge in [0.2, 0.25) is 0 Å². The molecule has 5 nitrogen and oxygen atoms in total. The number of carboxylic acid groups (broad SMARTS) is 1. The molecule has 1 amide bonds. The molecule has 0 spiro atoms. The van der Waals surface area contributed by atoms with Crippen LogP contribution in [-0.4, -0.2) is 40.8 Å². The van der Waals surface area contributed by atoms with Gasteiger partial charge in [0, 0.05) is 19.0 Å². The van der Waals surface area contributed by atoms with E-state index in [1.54, 1.807) is 11.0 Å². The number of carbonyl (C=O) groups excluding carboxylic acids is 1. The summed E-state index contributed by atoms with van der Waals surface area (Å²) in [7, 11) is 0. The number of likely N-dealkylation sites (tertiary alicyclic amines) is 1. The minimum Gasteiger partial charge on any atom is -0.478 e. The van der Waals surface area contributed by atoms with E-state index in [1.807, 2.05) is 39.8 Å². The topological polar surface area (TPSA) is 66.8 Å². The average Bonchev–Trinajstić information content (AvgIpc) is 2.45. The van der Waals surface area contributed by atoms with Gasteiger partial charge < -0.3 is 14.7 Å². The lowest BCUT2D eigenvalue weighted by Crippen LogP contribution is -2.42. The highest BCUT2D eigenvalue weighted by Crippen LogP contribution is 2.30. The highest BCUT2D eigenvalue weighted by molar-refractivity contribution is 5.90. The summed E-state index contributed by atoms with van der Waals surface area (Å²) in [6, 6.07) is 5.50. The maximum atomic E-state index is 12.3. The first-order valence-corrected chi connectivity index (χ1v) is 7.99. The van der Waals surface area contributed by atoms with Crippen LogP contribution in [0.1, 0.15) is 61.0 Å². The summed E-state index contributed by atoms with van der Waals surface area (Å²) in [5.74, 6) is -0.888. The van der Waals surface area contributed by atoms with Crippen molar-refractivity contribution < 1.29 is 19.4 Å². The van der Waals surface area contributed by atoms with Gasteiger partial charge in [0.25, 0.3) is 0 Å². The second-order valence-electron chi connectivity index (χ2n) is 7.16. The summed E-state index contributed by atoms with van der Waals surface area (Å²) in [5.41, 5.74) is 1.53. The van der Waals surface area contributed by atoms with Crippen LogP contribution in [0, 0.1) is 6.92 Å². The maximum Gasteiger partial charge on any atom is 0.410 e. The first-order valence-electron chi connectivity index (χ1n) is 7.99. The Balaban J connectivity index is 2.19.